The Balaban J connectivity index is 1.95. The van der Waals surface area contributed by atoms with Crippen molar-refractivity contribution < 1.29 is 4.79 Å². The number of carbonyl (C=O) groups excluding carboxylic acids is 1. The van der Waals surface area contributed by atoms with Crippen molar-refractivity contribution in [2.24, 2.45) is 0 Å². The van der Waals surface area contributed by atoms with Gasteiger partial charge in [-0.1, -0.05) is 28.1 Å². The summed E-state index contributed by atoms with van der Waals surface area (Å²) in [5.41, 5.74) is 4.30. The van der Waals surface area contributed by atoms with E-state index in [0.29, 0.717) is 0 Å². The van der Waals surface area contributed by atoms with Gasteiger partial charge in [0.15, 0.2) is 5.78 Å². The van der Waals surface area contributed by atoms with E-state index in [-0.39, 0.29) is 5.78 Å². The Hall–Kier alpha value is -1.41. The molecule has 1 aliphatic rings. The van der Waals surface area contributed by atoms with E-state index < -0.39 is 0 Å². The van der Waals surface area contributed by atoms with Crippen LogP contribution < -0.4 is 0 Å². The first-order valence-electron chi connectivity index (χ1n) is 6.16. The van der Waals surface area contributed by atoms with Gasteiger partial charge < -0.3 is 0 Å². The van der Waals surface area contributed by atoms with Gasteiger partial charge in [0.05, 0.1) is 0 Å². The molecule has 1 nitrogen and oxygen atoms in total. The van der Waals surface area contributed by atoms with Crippen molar-refractivity contribution in [3.05, 3.63) is 69.2 Å². The molecule has 0 N–H and O–H groups in total. The second-order valence-electron chi connectivity index (χ2n) is 4.67. The van der Waals surface area contributed by atoms with E-state index in [1.807, 2.05) is 30.3 Å². The van der Waals surface area contributed by atoms with E-state index in [4.69, 9.17) is 0 Å². The average molecular weight is 301 g/mol. The third kappa shape index (κ3) is 2.13. The molecule has 0 heterocycles. The van der Waals surface area contributed by atoms with Gasteiger partial charge in [-0.25, -0.2) is 0 Å². The average Bonchev–Trinajstić information content (AvgIpc) is 2.86. The number of ketones is 1. The van der Waals surface area contributed by atoms with Gasteiger partial charge in [0.2, 0.25) is 0 Å². The molecule has 0 bridgehead atoms. The lowest BCUT2D eigenvalue weighted by Gasteiger charge is -2.04. The SMILES string of the molecule is O=C(c1ccc(Br)cc1)c1ccc2c(c1)CCC2. The Kier molecular flexibility index (Phi) is 3.04. The monoisotopic (exact) mass is 300 g/mol. The quantitative estimate of drug-likeness (QED) is 0.761. The van der Waals surface area contributed by atoms with Crippen molar-refractivity contribution >= 4 is 21.7 Å². The van der Waals surface area contributed by atoms with Crippen LogP contribution in [0.15, 0.2) is 46.9 Å². The summed E-state index contributed by atoms with van der Waals surface area (Å²) in [6, 6.07) is 13.6. The summed E-state index contributed by atoms with van der Waals surface area (Å²) < 4.78 is 0.994. The van der Waals surface area contributed by atoms with Gasteiger partial charge >= 0.3 is 0 Å². The second kappa shape index (κ2) is 4.69. The number of benzene rings is 2. The van der Waals surface area contributed by atoms with Crippen LogP contribution in [0.25, 0.3) is 0 Å². The normalized spacial score (nSPS) is 13.4. The maximum Gasteiger partial charge on any atom is 0.193 e. The molecule has 0 aliphatic heterocycles. The molecule has 90 valence electrons. The van der Waals surface area contributed by atoms with Gasteiger partial charge in [0.1, 0.15) is 0 Å². The first-order valence-corrected chi connectivity index (χ1v) is 6.95. The molecule has 0 radical (unpaired) electrons. The molecular weight excluding hydrogens is 288 g/mol. The molecule has 0 saturated heterocycles. The Bertz CT molecular complexity index is 599. The molecule has 3 rings (SSSR count). The highest BCUT2D eigenvalue weighted by atomic mass is 79.9. The molecule has 0 atom stereocenters. The van der Waals surface area contributed by atoms with Gasteiger partial charge in [0.25, 0.3) is 0 Å². The summed E-state index contributed by atoms with van der Waals surface area (Å²) >= 11 is 3.38. The van der Waals surface area contributed by atoms with Gasteiger partial charge in [-0.15, -0.1) is 0 Å². The highest BCUT2D eigenvalue weighted by Gasteiger charge is 2.14. The first-order chi connectivity index (χ1) is 8.74. The molecular formula is C16H13BrO. The second-order valence-corrected chi connectivity index (χ2v) is 5.59. The molecule has 0 unspecified atom stereocenters. The highest BCUT2D eigenvalue weighted by molar-refractivity contribution is 9.10. The van der Waals surface area contributed by atoms with Crippen LogP contribution >= 0.6 is 15.9 Å². The van der Waals surface area contributed by atoms with Gasteiger partial charge in [0, 0.05) is 15.6 Å². The largest absolute Gasteiger partial charge is 0.289 e. The van der Waals surface area contributed by atoms with E-state index in [9.17, 15) is 4.79 Å². The lowest BCUT2D eigenvalue weighted by Crippen LogP contribution is -2.02. The van der Waals surface area contributed by atoms with Crippen molar-refractivity contribution in [3.8, 4) is 0 Å². The van der Waals surface area contributed by atoms with E-state index in [0.717, 1.165) is 28.4 Å². The fourth-order valence-electron chi connectivity index (χ4n) is 2.48. The van der Waals surface area contributed by atoms with Crippen LogP contribution in [0.1, 0.15) is 33.5 Å². The van der Waals surface area contributed by atoms with E-state index in [1.165, 1.54) is 17.5 Å². The van der Waals surface area contributed by atoms with Crippen LogP contribution in [-0.2, 0) is 12.8 Å². The van der Waals surface area contributed by atoms with Crippen molar-refractivity contribution in [1.29, 1.82) is 0 Å². The number of halogens is 1. The number of hydrogen-bond donors (Lipinski definition) is 0. The minimum Gasteiger partial charge on any atom is -0.289 e. The molecule has 2 aromatic rings. The lowest BCUT2D eigenvalue weighted by atomic mass is 9.99. The maximum absolute atomic E-state index is 12.3. The van der Waals surface area contributed by atoms with Crippen LogP contribution in [0, 0.1) is 0 Å². The minimum absolute atomic E-state index is 0.109. The fraction of sp³-hybridized carbons (Fsp3) is 0.188. The number of aryl methyl sites for hydroxylation is 2. The van der Waals surface area contributed by atoms with Crippen LogP contribution in [0.2, 0.25) is 0 Å². The summed E-state index contributed by atoms with van der Waals surface area (Å²) in [5, 5.41) is 0. The zero-order valence-corrected chi connectivity index (χ0v) is 11.5. The van der Waals surface area contributed by atoms with Crippen molar-refractivity contribution in [1.82, 2.24) is 0 Å². The molecule has 2 heteroatoms. The molecule has 0 fully saturated rings. The van der Waals surface area contributed by atoms with E-state index in [1.54, 1.807) is 0 Å². The first kappa shape index (κ1) is 11.7. The van der Waals surface area contributed by atoms with E-state index in [2.05, 4.69) is 28.1 Å². The van der Waals surface area contributed by atoms with Crippen molar-refractivity contribution in [2.75, 3.05) is 0 Å². The smallest absolute Gasteiger partial charge is 0.193 e. The predicted molar refractivity (Wildman–Crippen MR) is 76.0 cm³/mol. The summed E-state index contributed by atoms with van der Waals surface area (Å²) in [4.78, 5) is 12.3. The molecule has 0 aromatic heterocycles. The van der Waals surface area contributed by atoms with Gasteiger partial charge in [-0.3, -0.25) is 4.79 Å². The topological polar surface area (TPSA) is 17.1 Å². The molecule has 2 aromatic carbocycles. The number of hydrogen-bond acceptors (Lipinski definition) is 1. The lowest BCUT2D eigenvalue weighted by molar-refractivity contribution is 0.103. The summed E-state index contributed by atoms with van der Waals surface area (Å²) in [6.45, 7) is 0. The summed E-state index contributed by atoms with van der Waals surface area (Å²) in [7, 11) is 0. The van der Waals surface area contributed by atoms with Crippen molar-refractivity contribution in [3.63, 3.8) is 0 Å². The third-order valence-corrected chi connectivity index (χ3v) is 4.00. The maximum atomic E-state index is 12.3. The molecule has 0 amide bonds. The minimum atomic E-state index is 0.109. The van der Waals surface area contributed by atoms with Crippen LogP contribution in [-0.4, -0.2) is 5.78 Å². The summed E-state index contributed by atoms with van der Waals surface area (Å²) in [5.74, 6) is 0.109. The van der Waals surface area contributed by atoms with Gasteiger partial charge in [-0.2, -0.15) is 0 Å². The standard InChI is InChI=1S/C16H13BrO/c17-15-8-6-12(7-9-15)16(18)14-5-4-11-2-1-3-13(11)10-14/h4-10H,1-3H2. The van der Waals surface area contributed by atoms with Crippen LogP contribution in [0.5, 0.6) is 0 Å². The van der Waals surface area contributed by atoms with Gasteiger partial charge in [-0.05, 0) is 60.7 Å². The Labute approximate surface area is 115 Å². The van der Waals surface area contributed by atoms with Crippen molar-refractivity contribution in [2.45, 2.75) is 19.3 Å². The molecule has 0 spiro atoms. The third-order valence-electron chi connectivity index (χ3n) is 3.47. The molecule has 18 heavy (non-hydrogen) atoms. The van der Waals surface area contributed by atoms with Crippen LogP contribution in [0.3, 0.4) is 0 Å². The Morgan fingerprint density at radius 1 is 0.889 bits per heavy atom. The summed E-state index contributed by atoms with van der Waals surface area (Å²) in [6.07, 6.45) is 3.48. The fourth-order valence-corrected chi connectivity index (χ4v) is 2.75. The number of fused-ring (bicyclic) bond motifs is 1. The highest BCUT2D eigenvalue weighted by Crippen LogP contribution is 2.24. The number of rotatable bonds is 2. The zero-order valence-electron chi connectivity index (χ0n) is 9.95. The Morgan fingerprint density at radius 2 is 1.56 bits per heavy atom. The molecule has 1 aliphatic carbocycles. The predicted octanol–water partition coefficient (Wildman–Crippen LogP) is 4.17. The zero-order chi connectivity index (χ0) is 12.5. The van der Waals surface area contributed by atoms with E-state index >= 15 is 0 Å². The number of carbonyl (C=O) groups is 1. The van der Waals surface area contributed by atoms with Crippen LogP contribution in [0.4, 0.5) is 0 Å². The molecule has 0 saturated carbocycles. The Morgan fingerprint density at radius 3 is 2.33 bits per heavy atom.